The van der Waals surface area contributed by atoms with Gasteiger partial charge >= 0.3 is 0 Å². The Morgan fingerprint density at radius 3 is 2.88 bits per heavy atom. The van der Waals surface area contributed by atoms with Gasteiger partial charge in [0, 0.05) is 30.1 Å². The van der Waals surface area contributed by atoms with Crippen LogP contribution in [0.5, 0.6) is 5.88 Å². The maximum atomic E-state index is 10.1. The fraction of sp³-hybridized carbons (Fsp3) is 0.105. The molecule has 1 aliphatic heterocycles. The summed E-state index contributed by atoms with van der Waals surface area (Å²) in [5.41, 5.74) is 3.62. The monoisotopic (exact) mass is 331 g/mol. The summed E-state index contributed by atoms with van der Waals surface area (Å²) in [6.45, 7) is 0.723. The molecule has 3 aromatic rings. The van der Waals surface area contributed by atoms with Crippen LogP contribution >= 0.6 is 0 Å². The average molecular weight is 331 g/mol. The lowest BCUT2D eigenvalue weighted by Crippen LogP contribution is -2.05. The van der Waals surface area contributed by atoms with E-state index in [-0.39, 0.29) is 5.88 Å². The van der Waals surface area contributed by atoms with Gasteiger partial charge in [-0.05, 0) is 30.2 Å². The third-order valence-corrected chi connectivity index (χ3v) is 3.98. The van der Waals surface area contributed by atoms with Gasteiger partial charge in [-0.1, -0.05) is 30.3 Å². The zero-order valence-electron chi connectivity index (χ0n) is 13.5. The quantitative estimate of drug-likeness (QED) is 0.668. The van der Waals surface area contributed by atoms with Crippen molar-refractivity contribution in [2.75, 3.05) is 11.9 Å². The highest BCUT2D eigenvalue weighted by Crippen LogP contribution is 2.31. The average Bonchev–Trinajstić information content (AvgIpc) is 3.20. The molecule has 1 aliphatic rings. The molecule has 3 heterocycles. The zero-order chi connectivity index (χ0) is 17.1. The number of allylic oxidation sites excluding steroid dienone is 1. The van der Waals surface area contributed by atoms with Crippen molar-refractivity contribution < 1.29 is 5.11 Å². The molecule has 6 nitrogen and oxygen atoms in total. The van der Waals surface area contributed by atoms with Crippen molar-refractivity contribution in [1.29, 1.82) is 0 Å². The second-order valence-electron chi connectivity index (χ2n) is 5.72. The van der Waals surface area contributed by atoms with E-state index in [4.69, 9.17) is 0 Å². The molecule has 6 heteroatoms. The van der Waals surface area contributed by atoms with Crippen LogP contribution in [0.25, 0.3) is 11.6 Å². The molecule has 2 aromatic heterocycles. The van der Waals surface area contributed by atoms with E-state index in [2.05, 4.69) is 37.4 Å². The number of anilines is 1. The van der Waals surface area contributed by atoms with Crippen molar-refractivity contribution in [3.05, 3.63) is 65.5 Å². The third-order valence-electron chi connectivity index (χ3n) is 3.98. The number of aromatic hydroxyl groups is 1. The molecule has 0 radical (unpaired) electrons. The number of fused-ring (bicyclic) bond motifs is 1. The summed E-state index contributed by atoms with van der Waals surface area (Å²) in [6.07, 6.45) is 6.15. The SMILES string of the molecule is Oc1nc(NCCc2ccccc2)[nH]c1C=C1C=Nc2ncccc21. The number of H-pyrrole nitrogens is 1. The van der Waals surface area contributed by atoms with Gasteiger partial charge in [0.1, 0.15) is 5.69 Å². The Bertz CT molecular complexity index is 943. The Morgan fingerprint density at radius 2 is 2.00 bits per heavy atom. The van der Waals surface area contributed by atoms with Crippen LogP contribution in [-0.2, 0) is 6.42 Å². The number of nitrogens with zero attached hydrogens (tertiary/aromatic N) is 3. The Hall–Kier alpha value is -3.41. The Balaban J connectivity index is 1.46. The second kappa shape index (κ2) is 6.60. The highest BCUT2D eigenvalue weighted by atomic mass is 16.3. The number of aromatic amines is 1. The summed E-state index contributed by atoms with van der Waals surface area (Å²) in [4.78, 5) is 15.7. The normalized spacial score (nSPS) is 14.0. The predicted molar refractivity (Wildman–Crippen MR) is 99.1 cm³/mol. The van der Waals surface area contributed by atoms with Crippen molar-refractivity contribution in [2.24, 2.45) is 4.99 Å². The molecule has 0 bridgehead atoms. The minimum atomic E-state index is -0.0412. The van der Waals surface area contributed by atoms with Gasteiger partial charge in [-0.15, -0.1) is 0 Å². The second-order valence-corrected chi connectivity index (χ2v) is 5.72. The molecule has 4 rings (SSSR count). The number of nitrogens with one attached hydrogen (secondary N) is 2. The van der Waals surface area contributed by atoms with E-state index in [1.807, 2.05) is 36.4 Å². The van der Waals surface area contributed by atoms with E-state index < -0.39 is 0 Å². The summed E-state index contributed by atoms with van der Waals surface area (Å²) in [6, 6.07) is 14.0. The van der Waals surface area contributed by atoms with Crippen LogP contribution in [-0.4, -0.2) is 32.8 Å². The lowest BCUT2D eigenvalue weighted by molar-refractivity contribution is 0.455. The summed E-state index contributed by atoms with van der Waals surface area (Å²) < 4.78 is 0. The van der Waals surface area contributed by atoms with Crippen molar-refractivity contribution in [1.82, 2.24) is 15.0 Å². The first kappa shape index (κ1) is 15.1. The fourth-order valence-electron chi connectivity index (χ4n) is 2.73. The molecule has 3 N–H and O–H groups in total. The minimum Gasteiger partial charge on any atom is -0.492 e. The first-order valence-electron chi connectivity index (χ1n) is 8.07. The van der Waals surface area contributed by atoms with Gasteiger partial charge in [-0.2, -0.15) is 4.98 Å². The topological polar surface area (TPSA) is 86.2 Å². The molecule has 124 valence electrons. The Kier molecular flexibility index (Phi) is 4.00. The number of pyridine rings is 1. The van der Waals surface area contributed by atoms with Crippen LogP contribution in [0, 0.1) is 0 Å². The van der Waals surface area contributed by atoms with Crippen LogP contribution in [0.1, 0.15) is 16.8 Å². The molecule has 0 atom stereocenters. The van der Waals surface area contributed by atoms with Crippen molar-refractivity contribution in [2.45, 2.75) is 6.42 Å². The Labute approximate surface area is 145 Å². The third kappa shape index (κ3) is 3.28. The van der Waals surface area contributed by atoms with Crippen molar-refractivity contribution >= 4 is 29.6 Å². The van der Waals surface area contributed by atoms with E-state index in [1.54, 1.807) is 12.4 Å². The van der Waals surface area contributed by atoms with Crippen LogP contribution < -0.4 is 5.32 Å². The molecule has 0 saturated carbocycles. The molecular weight excluding hydrogens is 314 g/mol. The van der Waals surface area contributed by atoms with E-state index >= 15 is 0 Å². The standard InChI is InChI=1S/C19H17N5O/c25-18-16(11-14-12-22-17-15(14)7-4-9-20-17)23-19(24-18)21-10-8-13-5-2-1-3-6-13/h1-7,9,11-12,25H,8,10H2,(H2,21,23,24). The maximum Gasteiger partial charge on any atom is 0.238 e. The number of benzene rings is 1. The molecular formula is C19H17N5O. The van der Waals surface area contributed by atoms with Crippen LogP contribution in [0.4, 0.5) is 11.8 Å². The highest BCUT2D eigenvalue weighted by molar-refractivity contribution is 6.20. The van der Waals surface area contributed by atoms with E-state index in [0.29, 0.717) is 17.5 Å². The zero-order valence-corrected chi connectivity index (χ0v) is 13.5. The number of imidazole rings is 1. The van der Waals surface area contributed by atoms with Crippen LogP contribution in [0.15, 0.2) is 53.7 Å². The first-order chi connectivity index (χ1) is 12.3. The van der Waals surface area contributed by atoms with E-state index in [1.165, 1.54) is 5.56 Å². The smallest absolute Gasteiger partial charge is 0.238 e. The van der Waals surface area contributed by atoms with Gasteiger partial charge in [-0.25, -0.2) is 9.98 Å². The summed E-state index contributed by atoms with van der Waals surface area (Å²) in [5, 5.41) is 13.3. The largest absolute Gasteiger partial charge is 0.492 e. The lowest BCUT2D eigenvalue weighted by Gasteiger charge is -2.02. The van der Waals surface area contributed by atoms with Gasteiger partial charge in [-0.3, -0.25) is 0 Å². The van der Waals surface area contributed by atoms with Gasteiger partial charge in [0.15, 0.2) is 5.82 Å². The molecule has 0 saturated heterocycles. The van der Waals surface area contributed by atoms with Gasteiger partial charge in [0.2, 0.25) is 11.8 Å². The molecule has 0 unspecified atom stereocenters. The molecule has 0 amide bonds. The van der Waals surface area contributed by atoms with E-state index in [9.17, 15) is 5.11 Å². The molecule has 0 aliphatic carbocycles. The number of hydrogen-bond acceptors (Lipinski definition) is 5. The van der Waals surface area contributed by atoms with Crippen LogP contribution in [0.2, 0.25) is 0 Å². The number of aromatic nitrogens is 3. The summed E-state index contributed by atoms with van der Waals surface area (Å²) in [5.74, 6) is 1.19. The molecule has 0 fully saturated rings. The number of hydrogen-bond donors (Lipinski definition) is 3. The highest BCUT2D eigenvalue weighted by Gasteiger charge is 2.14. The van der Waals surface area contributed by atoms with Crippen molar-refractivity contribution in [3.63, 3.8) is 0 Å². The lowest BCUT2D eigenvalue weighted by atomic mass is 10.1. The number of aliphatic imine (C=N–C) groups is 1. The van der Waals surface area contributed by atoms with Gasteiger partial charge in [0.25, 0.3) is 0 Å². The first-order valence-corrected chi connectivity index (χ1v) is 8.07. The summed E-state index contributed by atoms with van der Waals surface area (Å²) >= 11 is 0. The van der Waals surface area contributed by atoms with Gasteiger partial charge in [0.05, 0.1) is 0 Å². The molecule has 25 heavy (non-hydrogen) atoms. The minimum absolute atomic E-state index is 0.0412. The van der Waals surface area contributed by atoms with Crippen molar-refractivity contribution in [3.8, 4) is 5.88 Å². The van der Waals surface area contributed by atoms with Crippen LogP contribution in [0.3, 0.4) is 0 Å². The van der Waals surface area contributed by atoms with Gasteiger partial charge < -0.3 is 15.4 Å². The number of rotatable bonds is 5. The maximum absolute atomic E-state index is 10.1. The predicted octanol–water partition coefficient (Wildman–Crippen LogP) is 3.42. The fourth-order valence-corrected chi connectivity index (χ4v) is 2.73. The molecule has 0 spiro atoms. The Morgan fingerprint density at radius 1 is 1.12 bits per heavy atom. The van der Waals surface area contributed by atoms with E-state index in [0.717, 1.165) is 24.1 Å². The summed E-state index contributed by atoms with van der Waals surface area (Å²) in [7, 11) is 0. The molecule has 1 aromatic carbocycles.